The first kappa shape index (κ1) is 21.7. The third-order valence-electron chi connectivity index (χ3n) is 6.08. The summed E-state index contributed by atoms with van der Waals surface area (Å²) in [4.78, 5) is 28.4. The Morgan fingerprint density at radius 1 is 1.03 bits per heavy atom. The average molecular weight is 441 g/mol. The molecule has 1 N–H and O–H groups in total. The van der Waals surface area contributed by atoms with Gasteiger partial charge in [-0.1, -0.05) is 12.1 Å². The predicted octanol–water partition coefficient (Wildman–Crippen LogP) is 2.63. The van der Waals surface area contributed by atoms with Gasteiger partial charge in [-0.25, -0.2) is 9.97 Å². The molecule has 31 heavy (non-hydrogen) atoms. The summed E-state index contributed by atoms with van der Waals surface area (Å²) >= 11 is 2.00. The zero-order chi connectivity index (χ0) is 21.6. The van der Waals surface area contributed by atoms with Crippen molar-refractivity contribution in [2.75, 3.05) is 66.5 Å². The maximum absolute atomic E-state index is 12.7. The van der Waals surface area contributed by atoms with Crippen molar-refractivity contribution < 1.29 is 4.79 Å². The summed E-state index contributed by atoms with van der Waals surface area (Å²) in [5.74, 6) is 4.52. The summed E-state index contributed by atoms with van der Waals surface area (Å²) in [6, 6.07) is 10.4. The topological polar surface area (TPSA) is 64.6 Å². The molecule has 2 aromatic rings. The maximum Gasteiger partial charge on any atom is 0.223 e. The molecular formula is C23H32N6OS. The van der Waals surface area contributed by atoms with Crippen LogP contribution in [0.3, 0.4) is 0 Å². The van der Waals surface area contributed by atoms with Gasteiger partial charge in [0.15, 0.2) is 0 Å². The predicted molar refractivity (Wildman–Crippen MR) is 129 cm³/mol. The second kappa shape index (κ2) is 10.2. The smallest absolute Gasteiger partial charge is 0.223 e. The van der Waals surface area contributed by atoms with Crippen LogP contribution in [0.4, 0.5) is 17.3 Å². The van der Waals surface area contributed by atoms with Crippen molar-refractivity contribution in [2.24, 2.45) is 5.92 Å². The van der Waals surface area contributed by atoms with E-state index in [9.17, 15) is 4.79 Å². The van der Waals surface area contributed by atoms with Gasteiger partial charge in [-0.05, 0) is 30.5 Å². The van der Waals surface area contributed by atoms with E-state index in [1.165, 1.54) is 0 Å². The third-order valence-corrected chi connectivity index (χ3v) is 7.03. The number of rotatable bonds is 6. The average Bonchev–Trinajstić information content (AvgIpc) is 2.83. The minimum absolute atomic E-state index is 0.0673. The first-order valence-electron chi connectivity index (χ1n) is 11.0. The molecule has 4 rings (SSSR count). The van der Waals surface area contributed by atoms with E-state index in [2.05, 4.69) is 60.3 Å². The number of hydrogen-bond acceptors (Lipinski definition) is 7. The van der Waals surface area contributed by atoms with Crippen LogP contribution in [0.25, 0.3) is 0 Å². The van der Waals surface area contributed by atoms with Crippen LogP contribution >= 0.6 is 11.8 Å². The van der Waals surface area contributed by atoms with Gasteiger partial charge in [0.2, 0.25) is 5.91 Å². The Morgan fingerprint density at radius 2 is 1.65 bits per heavy atom. The monoisotopic (exact) mass is 440 g/mol. The summed E-state index contributed by atoms with van der Waals surface area (Å²) in [5.41, 5.74) is 2.29. The second-order valence-electron chi connectivity index (χ2n) is 8.37. The van der Waals surface area contributed by atoms with E-state index >= 15 is 0 Å². The van der Waals surface area contributed by atoms with Gasteiger partial charge in [0.05, 0.1) is 0 Å². The Hall–Kier alpha value is -2.48. The first-order chi connectivity index (χ1) is 15.1. The fourth-order valence-corrected chi connectivity index (χ4v) is 4.99. The van der Waals surface area contributed by atoms with Gasteiger partial charge >= 0.3 is 0 Å². The quantitative estimate of drug-likeness (QED) is 0.741. The second-order valence-corrected chi connectivity index (χ2v) is 9.60. The molecule has 0 radical (unpaired) electrons. The minimum Gasteiger partial charge on any atom is -0.378 e. The molecule has 0 unspecified atom stereocenters. The molecule has 0 atom stereocenters. The molecule has 1 aromatic heterocycles. The van der Waals surface area contributed by atoms with Crippen LogP contribution in [0, 0.1) is 5.92 Å². The van der Waals surface area contributed by atoms with Gasteiger partial charge in [0.25, 0.3) is 0 Å². The lowest BCUT2D eigenvalue weighted by molar-refractivity contribution is -0.125. The standard InChI is InChI=1S/C23H32N6OS/c1-27(2)20-5-3-18(4-6-20)16-24-23(30)19-7-9-28(10-8-19)21-15-22(26-17-25-21)29-11-13-31-14-12-29/h3-6,15,17,19H,7-14,16H2,1-2H3,(H,24,30). The van der Waals surface area contributed by atoms with Gasteiger partial charge in [-0.2, -0.15) is 11.8 Å². The van der Waals surface area contributed by atoms with Crippen LogP contribution in [0.5, 0.6) is 0 Å². The third kappa shape index (κ3) is 5.61. The number of carbonyl (C=O) groups excluding carboxylic acids is 1. The Bertz CT molecular complexity index is 861. The Kier molecular flexibility index (Phi) is 7.17. The number of piperidine rings is 1. The molecule has 1 amide bonds. The van der Waals surface area contributed by atoms with Crippen molar-refractivity contribution in [3.8, 4) is 0 Å². The van der Waals surface area contributed by atoms with Gasteiger partial charge in [0.1, 0.15) is 18.0 Å². The highest BCUT2D eigenvalue weighted by molar-refractivity contribution is 7.99. The van der Waals surface area contributed by atoms with Crippen molar-refractivity contribution in [2.45, 2.75) is 19.4 Å². The van der Waals surface area contributed by atoms with Gasteiger partial charge < -0.3 is 20.0 Å². The highest BCUT2D eigenvalue weighted by Crippen LogP contribution is 2.25. The van der Waals surface area contributed by atoms with Crippen LogP contribution in [0.1, 0.15) is 18.4 Å². The van der Waals surface area contributed by atoms with E-state index in [-0.39, 0.29) is 11.8 Å². The fourth-order valence-electron chi connectivity index (χ4n) is 4.09. The van der Waals surface area contributed by atoms with Crippen LogP contribution < -0.4 is 20.0 Å². The number of anilines is 3. The van der Waals surface area contributed by atoms with E-state index in [0.29, 0.717) is 6.54 Å². The highest BCUT2D eigenvalue weighted by Gasteiger charge is 2.26. The summed E-state index contributed by atoms with van der Waals surface area (Å²) in [5, 5.41) is 3.12. The zero-order valence-corrected chi connectivity index (χ0v) is 19.3. The number of carbonyl (C=O) groups is 1. The van der Waals surface area contributed by atoms with E-state index in [4.69, 9.17) is 0 Å². The van der Waals surface area contributed by atoms with Gasteiger partial charge in [0, 0.05) is 76.0 Å². The minimum atomic E-state index is 0.0673. The van der Waals surface area contributed by atoms with E-state index in [0.717, 1.165) is 73.4 Å². The number of hydrogen-bond donors (Lipinski definition) is 1. The largest absolute Gasteiger partial charge is 0.378 e. The molecule has 166 valence electrons. The SMILES string of the molecule is CN(C)c1ccc(CNC(=O)C2CCN(c3cc(N4CCSCC4)ncn3)CC2)cc1. The molecule has 2 fully saturated rings. The fraction of sp³-hybridized carbons (Fsp3) is 0.522. The normalized spacial score (nSPS) is 17.5. The zero-order valence-electron chi connectivity index (χ0n) is 18.5. The van der Waals surface area contributed by atoms with Crippen LogP contribution in [0.15, 0.2) is 36.7 Å². The molecule has 1 aromatic carbocycles. The molecule has 0 bridgehead atoms. The van der Waals surface area contributed by atoms with E-state index in [1.807, 2.05) is 25.9 Å². The van der Waals surface area contributed by atoms with Crippen molar-refractivity contribution in [3.63, 3.8) is 0 Å². The van der Waals surface area contributed by atoms with E-state index < -0.39 is 0 Å². The maximum atomic E-state index is 12.7. The van der Waals surface area contributed by atoms with E-state index in [1.54, 1.807) is 6.33 Å². The molecule has 0 spiro atoms. The number of aromatic nitrogens is 2. The Morgan fingerprint density at radius 3 is 2.26 bits per heavy atom. The lowest BCUT2D eigenvalue weighted by Gasteiger charge is -2.33. The van der Waals surface area contributed by atoms with Crippen LogP contribution in [-0.2, 0) is 11.3 Å². The highest BCUT2D eigenvalue weighted by atomic mass is 32.2. The molecule has 7 nitrogen and oxygen atoms in total. The molecule has 0 saturated carbocycles. The Labute approximate surface area is 189 Å². The van der Waals surface area contributed by atoms with Gasteiger partial charge in [-0.15, -0.1) is 0 Å². The van der Waals surface area contributed by atoms with Crippen molar-refractivity contribution in [1.29, 1.82) is 0 Å². The van der Waals surface area contributed by atoms with Crippen molar-refractivity contribution >= 4 is 35.0 Å². The number of benzene rings is 1. The molecule has 2 aliphatic heterocycles. The summed E-state index contributed by atoms with van der Waals surface area (Å²) in [6.07, 6.45) is 3.38. The number of nitrogens with one attached hydrogen (secondary N) is 1. The van der Waals surface area contributed by atoms with Crippen LogP contribution in [0.2, 0.25) is 0 Å². The van der Waals surface area contributed by atoms with Crippen molar-refractivity contribution in [1.82, 2.24) is 15.3 Å². The molecule has 2 saturated heterocycles. The lowest BCUT2D eigenvalue weighted by atomic mass is 9.96. The Balaban J connectivity index is 1.27. The molecule has 8 heteroatoms. The van der Waals surface area contributed by atoms with Crippen LogP contribution in [-0.4, -0.2) is 67.7 Å². The molecule has 0 aliphatic carbocycles. The summed E-state index contributed by atoms with van der Waals surface area (Å²) < 4.78 is 0. The number of amides is 1. The number of thioether (sulfide) groups is 1. The lowest BCUT2D eigenvalue weighted by Crippen LogP contribution is -2.41. The van der Waals surface area contributed by atoms with Gasteiger partial charge in [-0.3, -0.25) is 4.79 Å². The molecular weight excluding hydrogens is 408 g/mol. The van der Waals surface area contributed by atoms with Crippen molar-refractivity contribution in [3.05, 3.63) is 42.2 Å². The summed E-state index contributed by atoms with van der Waals surface area (Å²) in [7, 11) is 4.05. The first-order valence-corrected chi connectivity index (χ1v) is 12.2. The summed E-state index contributed by atoms with van der Waals surface area (Å²) in [6.45, 7) is 4.36. The molecule has 3 heterocycles. The molecule has 2 aliphatic rings. The number of nitrogens with zero attached hydrogens (tertiary/aromatic N) is 5.